The molecule has 0 aliphatic rings. The highest BCUT2D eigenvalue weighted by atomic mass is 35.5. The standard InChI is InChI=1S/C21H19ClN4O/c1-14-12-15(2)24-21(23-14)26-19-9-7-18(8-10-19)25-20(27)11-6-16-4-3-5-17(22)13-16/h3-13H,1-2H3,(H,25,27)(H,23,24,26)/b11-6+. The van der Waals surface area contributed by atoms with E-state index in [-0.39, 0.29) is 5.91 Å². The van der Waals surface area contributed by atoms with Crippen molar-refractivity contribution in [3.63, 3.8) is 0 Å². The molecule has 0 unspecified atom stereocenters. The number of nitrogens with one attached hydrogen (secondary N) is 2. The van der Waals surface area contributed by atoms with Crippen LogP contribution in [0.25, 0.3) is 6.08 Å². The van der Waals surface area contributed by atoms with Crippen molar-refractivity contribution in [1.29, 1.82) is 0 Å². The van der Waals surface area contributed by atoms with Gasteiger partial charge in [0.25, 0.3) is 0 Å². The molecule has 1 heterocycles. The lowest BCUT2D eigenvalue weighted by Gasteiger charge is -2.08. The van der Waals surface area contributed by atoms with Crippen molar-refractivity contribution in [2.24, 2.45) is 0 Å². The van der Waals surface area contributed by atoms with Crippen molar-refractivity contribution in [2.75, 3.05) is 10.6 Å². The summed E-state index contributed by atoms with van der Waals surface area (Å²) in [6, 6.07) is 16.6. The van der Waals surface area contributed by atoms with E-state index in [0.29, 0.717) is 16.7 Å². The quantitative estimate of drug-likeness (QED) is 0.603. The Hall–Kier alpha value is -3.18. The highest BCUT2D eigenvalue weighted by molar-refractivity contribution is 6.30. The Labute approximate surface area is 163 Å². The van der Waals surface area contributed by atoms with Crippen molar-refractivity contribution in [2.45, 2.75) is 13.8 Å². The molecule has 0 aliphatic carbocycles. The SMILES string of the molecule is Cc1cc(C)nc(Nc2ccc(NC(=O)/C=C/c3cccc(Cl)c3)cc2)n1. The lowest BCUT2D eigenvalue weighted by atomic mass is 10.2. The van der Waals surface area contributed by atoms with Gasteiger partial charge in [-0.3, -0.25) is 4.79 Å². The van der Waals surface area contributed by atoms with E-state index in [1.165, 1.54) is 6.08 Å². The molecule has 3 aromatic rings. The lowest BCUT2D eigenvalue weighted by Crippen LogP contribution is -2.07. The number of nitrogens with zero attached hydrogens (tertiary/aromatic N) is 2. The molecular weight excluding hydrogens is 360 g/mol. The molecule has 1 amide bonds. The van der Waals surface area contributed by atoms with Crippen LogP contribution in [0.4, 0.5) is 17.3 Å². The Morgan fingerprint density at radius 2 is 1.63 bits per heavy atom. The zero-order chi connectivity index (χ0) is 19.2. The fourth-order valence-electron chi connectivity index (χ4n) is 2.51. The third kappa shape index (κ3) is 5.66. The van der Waals surface area contributed by atoms with Crippen LogP contribution in [0.1, 0.15) is 17.0 Å². The number of hydrogen-bond donors (Lipinski definition) is 2. The average molecular weight is 379 g/mol. The molecular formula is C21H19ClN4O. The molecule has 0 bridgehead atoms. The average Bonchev–Trinajstić information content (AvgIpc) is 2.61. The second-order valence-electron chi connectivity index (χ2n) is 6.05. The maximum atomic E-state index is 12.1. The number of hydrogen-bond acceptors (Lipinski definition) is 4. The van der Waals surface area contributed by atoms with E-state index in [1.54, 1.807) is 18.2 Å². The molecule has 0 saturated heterocycles. The minimum Gasteiger partial charge on any atom is -0.324 e. The highest BCUT2D eigenvalue weighted by Gasteiger charge is 2.02. The lowest BCUT2D eigenvalue weighted by molar-refractivity contribution is -0.111. The topological polar surface area (TPSA) is 66.9 Å². The smallest absolute Gasteiger partial charge is 0.248 e. The summed E-state index contributed by atoms with van der Waals surface area (Å²) >= 11 is 5.93. The number of anilines is 3. The molecule has 0 saturated carbocycles. The van der Waals surface area contributed by atoms with Crippen LogP contribution in [-0.4, -0.2) is 15.9 Å². The van der Waals surface area contributed by atoms with E-state index in [2.05, 4.69) is 20.6 Å². The Morgan fingerprint density at radius 3 is 2.30 bits per heavy atom. The molecule has 1 aromatic heterocycles. The third-order valence-electron chi connectivity index (χ3n) is 3.67. The molecule has 27 heavy (non-hydrogen) atoms. The van der Waals surface area contributed by atoms with E-state index < -0.39 is 0 Å². The first-order valence-corrected chi connectivity index (χ1v) is 8.80. The van der Waals surface area contributed by atoms with E-state index in [4.69, 9.17) is 11.6 Å². The Kier molecular flexibility index (Phi) is 5.84. The molecule has 3 rings (SSSR count). The first-order chi connectivity index (χ1) is 13.0. The van der Waals surface area contributed by atoms with Crippen LogP contribution in [0.2, 0.25) is 5.02 Å². The minimum atomic E-state index is -0.215. The number of halogens is 1. The van der Waals surface area contributed by atoms with Gasteiger partial charge in [-0.25, -0.2) is 9.97 Å². The van der Waals surface area contributed by atoms with Crippen LogP contribution in [0.3, 0.4) is 0 Å². The van der Waals surface area contributed by atoms with E-state index in [0.717, 1.165) is 22.6 Å². The van der Waals surface area contributed by atoms with Gasteiger partial charge >= 0.3 is 0 Å². The van der Waals surface area contributed by atoms with Gasteiger partial charge in [-0.05, 0) is 68.0 Å². The molecule has 5 nitrogen and oxygen atoms in total. The summed E-state index contributed by atoms with van der Waals surface area (Å²) in [5.41, 5.74) is 4.21. The predicted molar refractivity (Wildman–Crippen MR) is 110 cm³/mol. The number of carbonyl (C=O) groups is 1. The van der Waals surface area contributed by atoms with Crippen molar-refractivity contribution in [3.05, 3.63) is 82.6 Å². The Balaban J connectivity index is 1.60. The first kappa shape index (κ1) is 18.6. The largest absolute Gasteiger partial charge is 0.324 e. The molecule has 0 atom stereocenters. The molecule has 0 fully saturated rings. The number of aryl methyl sites for hydroxylation is 2. The van der Waals surface area contributed by atoms with Gasteiger partial charge in [-0.2, -0.15) is 0 Å². The van der Waals surface area contributed by atoms with E-state index in [9.17, 15) is 4.79 Å². The molecule has 2 aromatic carbocycles. The zero-order valence-corrected chi connectivity index (χ0v) is 15.8. The number of amides is 1. The van der Waals surface area contributed by atoms with Crippen LogP contribution in [-0.2, 0) is 4.79 Å². The molecule has 0 aliphatic heterocycles. The maximum Gasteiger partial charge on any atom is 0.248 e. The van der Waals surface area contributed by atoms with Gasteiger partial charge in [-0.1, -0.05) is 23.7 Å². The van der Waals surface area contributed by atoms with Crippen molar-refractivity contribution in [1.82, 2.24) is 9.97 Å². The van der Waals surface area contributed by atoms with Gasteiger partial charge < -0.3 is 10.6 Å². The van der Waals surface area contributed by atoms with Crippen LogP contribution >= 0.6 is 11.6 Å². The summed E-state index contributed by atoms with van der Waals surface area (Å²) < 4.78 is 0. The summed E-state index contributed by atoms with van der Waals surface area (Å²) in [6.45, 7) is 3.85. The number of benzene rings is 2. The van der Waals surface area contributed by atoms with Crippen molar-refractivity contribution >= 4 is 40.9 Å². The summed E-state index contributed by atoms with van der Waals surface area (Å²) in [6.07, 6.45) is 3.19. The molecule has 0 spiro atoms. The third-order valence-corrected chi connectivity index (χ3v) is 3.90. The first-order valence-electron chi connectivity index (χ1n) is 8.42. The summed E-state index contributed by atoms with van der Waals surface area (Å²) in [5.74, 6) is 0.335. The van der Waals surface area contributed by atoms with E-state index in [1.807, 2.05) is 56.3 Å². The zero-order valence-electron chi connectivity index (χ0n) is 15.0. The number of rotatable bonds is 5. The van der Waals surface area contributed by atoms with E-state index >= 15 is 0 Å². The van der Waals surface area contributed by atoms with Crippen molar-refractivity contribution in [3.8, 4) is 0 Å². The monoisotopic (exact) mass is 378 g/mol. The van der Waals surface area contributed by atoms with Crippen LogP contribution in [0.15, 0.2) is 60.7 Å². The van der Waals surface area contributed by atoms with Gasteiger partial charge in [0.2, 0.25) is 11.9 Å². The fourth-order valence-corrected chi connectivity index (χ4v) is 2.71. The molecule has 0 radical (unpaired) electrons. The number of aromatic nitrogens is 2. The molecule has 136 valence electrons. The van der Waals surface area contributed by atoms with Crippen LogP contribution < -0.4 is 10.6 Å². The number of carbonyl (C=O) groups excluding carboxylic acids is 1. The molecule has 6 heteroatoms. The van der Waals surface area contributed by atoms with Crippen LogP contribution in [0, 0.1) is 13.8 Å². The fraction of sp³-hybridized carbons (Fsp3) is 0.0952. The predicted octanol–water partition coefficient (Wildman–Crippen LogP) is 5.14. The maximum absolute atomic E-state index is 12.1. The summed E-state index contributed by atoms with van der Waals surface area (Å²) in [4.78, 5) is 20.8. The summed E-state index contributed by atoms with van der Waals surface area (Å²) in [7, 11) is 0. The second kappa shape index (κ2) is 8.47. The van der Waals surface area contributed by atoms with Gasteiger partial charge in [-0.15, -0.1) is 0 Å². The van der Waals surface area contributed by atoms with Gasteiger partial charge in [0.1, 0.15) is 0 Å². The second-order valence-corrected chi connectivity index (χ2v) is 6.49. The highest BCUT2D eigenvalue weighted by Crippen LogP contribution is 2.17. The Bertz CT molecular complexity index is 963. The summed E-state index contributed by atoms with van der Waals surface area (Å²) in [5, 5.41) is 6.61. The minimum absolute atomic E-state index is 0.215. The van der Waals surface area contributed by atoms with Gasteiger partial charge in [0, 0.05) is 33.9 Å². The normalized spacial score (nSPS) is 10.8. The van der Waals surface area contributed by atoms with Gasteiger partial charge in [0.15, 0.2) is 0 Å². The molecule has 2 N–H and O–H groups in total. The van der Waals surface area contributed by atoms with Gasteiger partial charge in [0.05, 0.1) is 0 Å². The van der Waals surface area contributed by atoms with Crippen molar-refractivity contribution < 1.29 is 4.79 Å². The Morgan fingerprint density at radius 1 is 0.963 bits per heavy atom. The van der Waals surface area contributed by atoms with Crippen LogP contribution in [0.5, 0.6) is 0 Å².